The summed E-state index contributed by atoms with van der Waals surface area (Å²) in [6.45, 7) is 76.3. The minimum Gasteiger partial charge on any atom is -0.336 e. The number of piperidine rings is 1. The van der Waals surface area contributed by atoms with Crippen LogP contribution >= 0.6 is 0 Å². The molecule has 21 heteroatoms. The molecule has 11 aromatic heterocycles. The summed E-state index contributed by atoms with van der Waals surface area (Å²) in [5.74, 6) is 2.38. The average Bonchev–Trinajstić information content (AvgIpc) is 0.811. The highest BCUT2D eigenvalue weighted by Crippen LogP contribution is 2.30. The van der Waals surface area contributed by atoms with E-state index in [2.05, 4.69) is 125 Å². The second-order valence-electron chi connectivity index (χ2n) is 33.7. The molecule has 21 nitrogen and oxygen atoms in total. The molecule has 1 amide bonds. The molecule has 1 aliphatic carbocycles. The number of carbonyl (C=O) groups excluding carboxylic acids is 1. The largest absolute Gasteiger partial charge is 0.336 e. The van der Waals surface area contributed by atoms with Crippen LogP contribution in [0.5, 0.6) is 0 Å². The number of aromatic nitrogens is 12. The van der Waals surface area contributed by atoms with Gasteiger partial charge in [-0.25, -0.2) is 4.68 Å². The van der Waals surface area contributed by atoms with E-state index in [9.17, 15) is 33.6 Å². The van der Waals surface area contributed by atoms with E-state index < -0.39 is 0 Å². The van der Waals surface area contributed by atoms with E-state index in [4.69, 9.17) is 0 Å². The van der Waals surface area contributed by atoms with Gasteiger partial charge in [0.2, 0.25) is 0 Å². The molecule has 2 aliphatic heterocycles. The highest BCUT2D eigenvalue weighted by atomic mass is 16.2. The first-order valence-electron chi connectivity index (χ1n) is 52.1. The monoisotopic (exact) mass is 1940 g/mol. The molecule has 13 heterocycles. The number of benzene rings is 4. The normalized spacial score (nSPS) is 12.6. The first-order valence-corrected chi connectivity index (χ1v) is 52.1. The Balaban J connectivity index is 0.000000782. The lowest BCUT2D eigenvalue weighted by Crippen LogP contribution is -2.43. The SMILES string of the molecule is CC.CC.CC.CC.CC.CC.CC.CC.CC.CC(C)N1CCC2C=CC=CC2C1.CC(C)N1CCc2ccccc2C1=O.CC(C)c1ccc2cnccc2c1.CC(C)n1ccc2ccccc2c1=O.CC(C)n1ccc2cccnc2c1=O.CC(C)n1ccc2ccncc2c1=O.CC(C)n1ccc2cnccc2c1=O.CC(C)n1ccc2ncccc2c1=O.CC(C)n1ncc2ccccc2c1=O. The van der Waals surface area contributed by atoms with Crippen molar-refractivity contribution in [2.45, 2.75) is 316 Å². The molecule has 0 saturated carbocycles. The van der Waals surface area contributed by atoms with E-state index in [-0.39, 0.29) is 75.5 Å². The van der Waals surface area contributed by atoms with Crippen molar-refractivity contribution in [1.29, 1.82) is 0 Å². The number of nitrogens with zero attached hydrogens (tertiary/aromatic N) is 14. The second kappa shape index (κ2) is 69.8. The van der Waals surface area contributed by atoms with Crippen molar-refractivity contribution in [2.75, 3.05) is 19.6 Å². The third kappa shape index (κ3) is 37.8. The molecular formula is C121H174N14O7. The van der Waals surface area contributed by atoms with Crippen LogP contribution in [0.3, 0.4) is 0 Å². The summed E-state index contributed by atoms with van der Waals surface area (Å²) in [4.78, 5) is 108. The van der Waals surface area contributed by atoms with E-state index in [1.54, 1.807) is 84.5 Å². The summed E-state index contributed by atoms with van der Waals surface area (Å²) in [5, 5.41) is 14.9. The number of hydrogen-bond donors (Lipinski definition) is 0. The van der Waals surface area contributed by atoms with Crippen molar-refractivity contribution < 1.29 is 4.79 Å². The summed E-state index contributed by atoms with van der Waals surface area (Å²) in [6.07, 6.45) is 36.1. The molecule has 3 aliphatic rings. The number of hydrogen-bond acceptors (Lipinski definition) is 14. The fourth-order valence-corrected chi connectivity index (χ4v) is 14.8. The predicted molar refractivity (Wildman–Crippen MR) is 611 cm³/mol. The van der Waals surface area contributed by atoms with Crippen LogP contribution in [0.25, 0.3) is 75.7 Å². The van der Waals surface area contributed by atoms with Gasteiger partial charge < -0.3 is 32.6 Å². The van der Waals surface area contributed by atoms with Crippen molar-refractivity contribution in [1.82, 2.24) is 67.3 Å². The molecule has 2 unspecified atom stereocenters. The van der Waals surface area contributed by atoms with Crippen LogP contribution in [-0.4, -0.2) is 105 Å². The summed E-state index contributed by atoms with van der Waals surface area (Å²) < 4.78 is 10.1. The molecule has 18 rings (SSSR count). The van der Waals surface area contributed by atoms with Gasteiger partial charge in [0, 0.05) is 168 Å². The number of carbonyl (C=O) groups is 1. The number of likely N-dealkylation sites (tertiary alicyclic amines) is 1. The molecule has 0 N–H and O–H groups in total. The van der Waals surface area contributed by atoms with Crippen LogP contribution < -0.4 is 33.4 Å². The number of allylic oxidation sites excluding steroid dienone is 3. The molecule has 4 aromatic carbocycles. The molecule has 770 valence electrons. The number of amides is 1. The van der Waals surface area contributed by atoms with E-state index in [1.165, 1.54) is 46.1 Å². The zero-order valence-electron chi connectivity index (χ0n) is 93.0. The standard InChI is InChI=1S/C12H15NO.C12H13NO.C12H13N.C12H19N.5C11H12N2O.9C2H6/c2*1-9(2)13-8-7-10-5-3-4-6-11(10)12(13)14;1-9(2)10-3-4-12-8-13-6-5-11(12)7-10;1-10(2)13-8-7-11-5-3-4-6-12(11)9-13;1-8(2)13-6-4-9-7-12-5-3-10(9)11(13)14;1-8(2)13-6-4-9-3-5-12-7-10(9)11(13)14;1-8(2)13-7-5-10-9(11(13)14)4-3-6-12-10;1-8(2)13-7-5-9-4-3-6-12-10(9)11(13)14;1-8(2)13-11(14)10-6-4-3-5-9(10)7-12-13;9*1-2/h3-6,9H,7-8H2,1-2H3;3-9H,1-2H3;3-9H,1-2H3;3-6,10-12H,7-9H2,1-2H3;5*3-8H,1-2H3;9*1-2H3. The third-order valence-corrected chi connectivity index (χ3v) is 22.1. The first-order chi connectivity index (χ1) is 68.4. The lowest BCUT2D eigenvalue weighted by molar-refractivity contribution is 0.0688. The number of pyridine rings is 10. The van der Waals surface area contributed by atoms with Crippen molar-refractivity contribution in [3.63, 3.8) is 0 Å². The maximum Gasteiger partial charge on any atom is 0.277 e. The quantitative estimate of drug-likeness (QED) is 0.131. The predicted octanol–water partition coefficient (Wildman–Crippen LogP) is 29.6. The molecule has 1 saturated heterocycles. The fraction of sp³-hybridized carbons (Fsp3) is 0.430. The van der Waals surface area contributed by atoms with Crippen LogP contribution in [-0.2, 0) is 6.42 Å². The topological polar surface area (TPSA) is 233 Å². The van der Waals surface area contributed by atoms with Gasteiger partial charge in [-0.3, -0.25) is 58.5 Å². The molecule has 15 aromatic rings. The lowest BCUT2D eigenvalue weighted by Gasteiger charge is -2.39. The van der Waals surface area contributed by atoms with Gasteiger partial charge in [0.25, 0.3) is 39.3 Å². The minimum atomic E-state index is -0.0156. The van der Waals surface area contributed by atoms with Crippen molar-refractivity contribution in [3.05, 3.63) is 354 Å². The van der Waals surface area contributed by atoms with Crippen molar-refractivity contribution in [3.8, 4) is 0 Å². The highest BCUT2D eigenvalue weighted by molar-refractivity contribution is 5.97. The molecule has 142 heavy (non-hydrogen) atoms. The van der Waals surface area contributed by atoms with Crippen LogP contribution in [0.1, 0.15) is 319 Å². The van der Waals surface area contributed by atoms with Crippen LogP contribution in [0, 0.1) is 11.8 Å². The Morgan fingerprint density at radius 2 is 0.711 bits per heavy atom. The Bertz CT molecular complexity index is 5820. The number of fused-ring (bicyclic) bond motifs is 9. The third-order valence-electron chi connectivity index (χ3n) is 22.1. The van der Waals surface area contributed by atoms with Gasteiger partial charge in [-0.05, 0) is 260 Å². The summed E-state index contributed by atoms with van der Waals surface area (Å²) in [7, 11) is 0. The first kappa shape index (κ1) is 127. The Morgan fingerprint density at radius 1 is 0.303 bits per heavy atom. The Labute approximate surface area is 850 Å². The second-order valence-corrected chi connectivity index (χ2v) is 33.7. The summed E-state index contributed by atoms with van der Waals surface area (Å²) in [5.41, 5.74) is 4.95. The van der Waals surface area contributed by atoms with Crippen molar-refractivity contribution in [2.24, 2.45) is 11.8 Å². The summed E-state index contributed by atoms with van der Waals surface area (Å²) >= 11 is 0. The Morgan fingerprint density at radius 3 is 1.25 bits per heavy atom. The van der Waals surface area contributed by atoms with E-state index in [0.29, 0.717) is 34.3 Å². The van der Waals surface area contributed by atoms with Gasteiger partial charge in [0.1, 0.15) is 5.52 Å². The summed E-state index contributed by atoms with van der Waals surface area (Å²) in [6, 6.07) is 54.3. The smallest absolute Gasteiger partial charge is 0.277 e. The molecule has 0 bridgehead atoms. The van der Waals surface area contributed by atoms with Gasteiger partial charge in [0.05, 0.1) is 39.3 Å². The molecule has 1 fully saturated rings. The zero-order chi connectivity index (χ0) is 107. The number of rotatable bonds is 9. The van der Waals surface area contributed by atoms with Crippen LogP contribution in [0.15, 0.2) is 304 Å². The molecule has 2 atom stereocenters. The Hall–Kier alpha value is -13.0. The Kier molecular flexibility index (Phi) is 62.4. The van der Waals surface area contributed by atoms with Crippen molar-refractivity contribution >= 4 is 81.6 Å². The molecular weight excluding hydrogens is 1760 g/mol. The van der Waals surface area contributed by atoms with Gasteiger partial charge in [-0.15, -0.1) is 0 Å². The van der Waals surface area contributed by atoms with Gasteiger partial charge in [-0.1, -0.05) is 242 Å². The molecule has 0 spiro atoms. The van der Waals surface area contributed by atoms with Gasteiger partial charge in [-0.2, -0.15) is 5.10 Å². The van der Waals surface area contributed by atoms with E-state index in [1.807, 2.05) is 377 Å². The average molecular weight is 1940 g/mol. The fourth-order valence-electron chi connectivity index (χ4n) is 14.8. The van der Waals surface area contributed by atoms with Crippen LogP contribution in [0.4, 0.5) is 0 Å². The maximum atomic E-state index is 12.0. The highest BCUT2D eigenvalue weighted by Gasteiger charge is 2.28. The minimum absolute atomic E-state index is 0.0156. The van der Waals surface area contributed by atoms with Crippen LogP contribution in [0.2, 0.25) is 0 Å². The van der Waals surface area contributed by atoms with Gasteiger partial charge >= 0.3 is 0 Å². The van der Waals surface area contributed by atoms with E-state index >= 15 is 0 Å². The van der Waals surface area contributed by atoms with Gasteiger partial charge in [0.15, 0.2) is 0 Å². The lowest BCUT2D eigenvalue weighted by atomic mass is 9.82. The zero-order valence-corrected chi connectivity index (χ0v) is 93.0. The van der Waals surface area contributed by atoms with E-state index in [0.717, 1.165) is 79.0 Å². The maximum absolute atomic E-state index is 12.0. The molecule has 0 radical (unpaired) electrons.